The summed E-state index contributed by atoms with van der Waals surface area (Å²) in [7, 11) is 0. The number of nitrogens with zero attached hydrogens (tertiary/aromatic N) is 4. The van der Waals surface area contributed by atoms with Crippen LogP contribution in [0.4, 0.5) is 10.1 Å². The minimum absolute atomic E-state index is 0.164. The number of hydrogen-bond acceptors (Lipinski definition) is 3. The molecule has 0 unspecified atom stereocenters. The molecule has 1 aromatic carbocycles. The Bertz CT molecular complexity index is 932. The van der Waals surface area contributed by atoms with Crippen LogP contribution in [0.15, 0.2) is 47.5 Å². The SMILES string of the molecule is CC(C)(C(=O)Nc1cnn(Cc2c(F)cccc2Cl)c1)n1cc(Br)cn1. The largest absolute Gasteiger partial charge is 0.321 e. The predicted octanol–water partition coefficient (Wildman–Crippen LogP) is 4.06. The molecule has 6 nitrogen and oxygen atoms in total. The van der Waals surface area contributed by atoms with Gasteiger partial charge in [-0.3, -0.25) is 14.2 Å². The lowest BCUT2D eigenvalue weighted by molar-refractivity contribution is -0.123. The molecule has 9 heteroatoms. The maximum atomic E-state index is 13.9. The summed E-state index contributed by atoms with van der Waals surface area (Å²) in [5.74, 6) is -0.652. The molecule has 26 heavy (non-hydrogen) atoms. The van der Waals surface area contributed by atoms with E-state index in [1.807, 2.05) is 0 Å². The molecule has 1 amide bonds. The number of halogens is 3. The van der Waals surface area contributed by atoms with Gasteiger partial charge >= 0.3 is 0 Å². The molecule has 3 rings (SSSR count). The second kappa shape index (κ2) is 7.20. The van der Waals surface area contributed by atoms with Crippen molar-refractivity contribution in [2.75, 3.05) is 5.32 Å². The van der Waals surface area contributed by atoms with Gasteiger partial charge in [-0.15, -0.1) is 0 Å². The van der Waals surface area contributed by atoms with Crippen molar-refractivity contribution in [1.29, 1.82) is 0 Å². The van der Waals surface area contributed by atoms with Crippen molar-refractivity contribution < 1.29 is 9.18 Å². The van der Waals surface area contributed by atoms with Gasteiger partial charge in [0.2, 0.25) is 0 Å². The molecule has 0 fully saturated rings. The maximum Gasteiger partial charge on any atom is 0.251 e. The van der Waals surface area contributed by atoms with Crippen molar-refractivity contribution in [3.05, 3.63) is 63.9 Å². The van der Waals surface area contributed by atoms with Crippen LogP contribution in [0.3, 0.4) is 0 Å². The lowest BCUT2D eigenvalue weighted by Crippen LogP contribution is -2.40. The highest BCUT2D eigenvalue weighted by atomic mass is 79.9. The van der Waals surface area contributed by atoms with Crippen LogP contribution in [0.25, 0.3) is 0 Å². The number of rotatable bonds is 5. The first-order valence-corrected chi connectivity index (χ1v) is 8.92. The molecule has 0 aliphatic rings. The summed E-state index contributed by atoms with van der Waals surface area (Å²) in [5, 5.41) is 11.4. The van der Waals surface area contributed by atoms with Gasteiger partial charge in [-0.2, -0.15) is 10.2 Å². The van der Waals surface area contributed by atoms with Crippen molar-refractivity contribution in [2.24, 2.45) is 0 Å². The highest BCUT2D eigenvalue weighted by molar-refractivity contribution is 9.10. The zero-order valence-corrected chi connectivity index (χ0v) is 16.4. The van der Waals surface area contributed by atoms with Crippen molar-refractivity contribution in [3.63, 3.8) is 0 Å². The summed E-state index contributed by atoms with van der Waals surface area (Å²) < 4.78 is 17.8. The standard InChI is InChI=1S/C17H16BrClFN5O/c1-17(2,25-8-11(18)6-22-25)16(26)23-12-7-21-24(9-12)10-13-14(19)4-3-5-15(13)20/h3-9H,10H2,1-2H3,(H,23,26). The third-order valence-electron chi connectivity index (χ3n) is 3.95. The van der Waals surface area contributed by atoms with E-state index >= 15 is 0 Å². The Morgan fingerprint density at radius 2 is 2.08 bits per heavy atom. The minimum Gasteiger partial charge on any atom is -0.321 e. The van der Waals surface area contributed by atoms with Gasteiger partial charge in [0.1, 0.15) is 11.4 Å². The highest BCUT2D eigenvalue weighted by Crippen LogP contribution is 2.22. The van der Waals surface area contributed by atoms with E-state index in [-0.39, 0.29) is 12.5 Å². The molecule has 2 aromatic heterocycles. The molecule has 0 atom stereocenters. The topological polar surface area (TPSA) is 64.7 Å². The van der Waals surface area contributed by atoms with Gasteiger partial charge in [-0.25, -0.2) is 4.39 Å². The summed E-state index contributed by atoms with van der Waals surface area (Å²) in [6.07, 6.45) is 6.46. The number of carbonyl (C=O) groups excluding carboxylic acids is 1. The molecule has 0 radical (unpaired) electrons. The molecule has 0 aliphatic carbocycles. The number of nitrogens with one attached hydrogen (secondary N) is 1. The normalized spacial score (nSPS) is 11.6. The Kier molecular flexibility index (Phi) is 5.15. The fraction of sp³-hybridized carbons (Fsp3) is 0.235. The molecule has 0 bridgehead atoms. The molecule has 0 saturated carbocycles. The fourth-order valence-electron chi connectivity index (χ4n) is 2.35. The second-order valence-corrected chi connectivity index (χ2v) is 7.57. The van der Waals surface area contributed by atoms with Crippen molar-refractivity contribution in [1.82, 2.24) is 19.6 Å². The van der Waals surface area contributed by atoms with Crippen molar-refractivity contribution in [3.8, 4) is 0 Å². The first-order chi connectivity index (χ1) is 12.3. The van der Waals surface area contributed by atoms with Crippen LogP contribution >= 0.6 is 27.5 Å². The van der Waals surface area contributed by atoms with Crippen molar-refractivity contribution >= 4 is 39.1 Å². The zero-order valence-electron chi connectivity index (χ0n) is 14.1. The third kappa shape index (κ3) is 3.81. The van der Waals surface area contributed by atoms with Crippen LogP contribution in [0.2, 0.25) is 5.02 Å². The van der Waals surface area contributed by atoms with Gasteiger partial charge in [0.25, 0.3) is 5.91 Å². The van der Waals surface area contributed by atoms with Gasteiger partial charge in [-0.1, -0.05) is 17.7 Å². The molecular weight excluding hydrogens is 425 g/mol. The van der Waals surface area contributed by atoms with E-state index in [0.29, 0.717) is 16.3 Å². The maximum absolute atomic E-state index is 13.9. The van der Waals surface area contributed by atoms with E-state index in [0.717, 1.165) is 4.47 Å². The summed E-state index contributed by atoms with van der Waals surface area (Å²) >= 11 is 9.35. The smallest absolute Gasteiger partial charge is 0.251 e. The summed E-state index contributed by atoms with van der Waals surface area (Å²) in [5.41, 5.74) is -0.0539. The first kappa shape index (κ1) is 18.6. The molecule has 3 aromatic rings. The molecule has 136 valence electrons. The fourth-order valence-corrected chi connectivity index (χ4v) is 2.86. The molecule has 0 saturated heterocycles. The zero-order chi connectivity index (χ0) is 18.9. The van der Waals surface area contributed by atoms with E-state index in [9.17, 15) is 9.18 Å². The van der Waals surface area contributed by atoms with Gasteiger partial charge in [-0.05, 0) is 41.9 Å². The minimum atomic E-state index is -0.900. The lowest BCUT2D eigenvalue weighted by Gasteiger charge is -2.23. The third-order valence-corrected chi connectivity index (χ3v) is 4.72. The highest BCUT2D eigenvalue weighted by Gasteiger charge is 2.31. The Hall–Kier alpha value is -2.19. The quantitative estimate of drug-likeness (QED) is 0.651. The first-order valence-electron chi connectivity index (χ1n) is 7.75. The van der Waals surface area contributed by atoms with E-state index in [1.54, 1.807) is 49.3 Å². The Morgan fingerprint density at radius 1 is 1.31 bits per heavy atom. The van der Waals surface area contributed by atoms with Gasteiger partial charge in [0.05, 0.1) is 29.1 Å². The monoisotopic (exact) mass is 439 g/mol. The summed E-state index contributed by atoms with van der Waals surface area (Å²) in [6, 6.07) is 4.51. The molecule has 2 heterocycles. The van der Waals surface area contributed by atoms with Crippen LogP contribution in [-0.2, 0) is 16.9 Å². The van der Waals surface area contributed by atoms with E-state index in [1.165, 1.54) is 16.9 Å². The number of hydrogen-bond donors (Lipinski definition) is 1. The van der Waals surface area contributed by atoms with Gasteiger partial charge < -0.3 is 5.32 Å². The average molecular weight is 441 g/mol. The van der Waals surface area contributed by atoms with Crippen LogP contribution < -0.4 is 5.32 Å². The van der Waals surface area contributed by atoms with E-state index in [2.05, 4.69) is 31.4 Å². The number of anilines is 1. The number of carbonyl (C=O) groups is 1. The summed E-state index contributed by atoms with van der Waals surface area (Å²) in [4.78, 5) is 12.6. The predicted molar refractivity (Wildman–Crippen MR) is 101 cm³/mol. The second-order valence-electron chi connectivity index (χ2n) is 6.24. The lowest BCUT2D eigenvalue weighted by atomic mass is 10.1. The molecule has 1 N–H and O–H groups in total. The van der Waals surface area contributed by atoms with Gasteiger partial charge in [0.15, 0.2) is 0 Å². The van der Waals surface area contributed by atoms with E-state index in [4.69, 9.17) is 11.6 Å². The molecule has 0 aliphatic heterocycles. The van der Waals surface area contributed by atoms with Crippen molar-refractivity contribution in [2.45, 2.75) is 25.9 Å². The number of aromatic nitrogens is 4. The average Bonchev–Trinajstić information content (AvgIpc) is 3.20. The van der Waals surface area contributed by atoms with Crippen LogP contribution in [0, 0.1) is 5.82 Å². The molecular formula is C17H16BrClFN5O. The van der Waals surface area contributed by atoms with Crippen LogP contribution in [-0.4, -0.2) is 25.5 Å². The number of amides is 1. The Labute approximate surface area is 163 Å². The van der Waals surface area contributed by atoms with Crippen LogP contribution in [0.5, 0.6) is 0 Å². The van der Waals surface area contributed by atoms with Crippen LogP contribution in [0.1, 0.15) is 19.4 Å². The number of benzene rings is 1. The van der Waals surface area contributed by atoms with Gasteiger partial charge in [0, 0.05) is 23.0 Å². The Balaban J connectivity index is 1.73. The summed E-state index contributed by atoms with van der Waals surface area (Å²) in [6.45, 7) is 3.67. The van der Waals surface area contributed by atoms with E-state index < -0.39 is 11.4 Å². The Morgan fingerprint density at radius 3 is 2.73 bits per heavy atom. The molecule has 0 spiro atoms.